The third-order valence-corrected chi connectivity index (χ3v) is 2.41. The molecular weight excluding hydrogens is 258 g/mol. The Morgan fingerprint density at radius 3 is 2.85 bits per heavy atom. The Balaban J connectivity index is 3.16. The van der Waals surface area contributed by atoms with Crippen molar-refractivity contribution in [2.75, 3.05) is 6.54 Å². The van der Waals surface area contributed by atoms with E-state index in [-0.39, 0.29) is 17.3 Å². The predicted octanol–water partition coefficient (Wildman–Crippen LogP) is 2.64. The summed E-state index contributed by atoms with van der Waals surface area (Å²) in [4.78, 5) is 3.89. The third kappa shape index (κ3) is 2.39. The molecule has 0 aliphatic rings. The molecule has 1 rings (SSSR count). The molecule has 0 aliphatic carbocycles. The van der Waals surface area contributed by atoms with Crippen molar-refractivity contribution in [1.29, 1.82) is 0 Å². The van der Waals surface area contributed by atoms with Gasteiger partial charge in [0.05, 0.1) is 10.7 Å². The van der Waals surface area contributed by atoms with Gasteiger partial charge in [-0.15, -0.1) is 0 Å². The zero-order valence-electron chi connectivity index (χ0n) is 7.02. The van der Waals surface area contributed by atoms with Crippen molar-refractivity contribution in [3.05, 3.63) is 27.5 Å². The van der Waals surface area contributed by atoms with Gasteiger partial charge in [-0.05, 0) is 28.9 Å². The van der Waals surface area contributed by atoms with Gasteiger partial charge in [0.25, 0.3) is 0 Å². The number of hydrogen-bond acceptors (Lipinski definition) is 2. The van der Waals surface area contributed by atoms with E-state index in [4.69, 9.17) is 17.3 Å². The lowest BCUT2D eigenvalue weighted by Gasteiger charge is -2.18. The van der Waals surface area contributed by atoms with E-state index in [0.717, 1.165) is 0 Å². The first kappa shape index (κ1) is 10.9. The summed E-state index contributed by atoms with van der Waals surface area (Å²) in [6.45, 7) is 1.22. The number of rotatable bonds is 2. The van der Waals surface area contributed by atoms with Crippen LogP contribution in [0.4, 0.5) is 4.39 Å². The molecule has 2 N–H and O–H groups in total. The Labute approximate surface area is 89.4 Å². The lowest BCUT2D eigenvalue weighted by atomic mass is 10.0. The minimum Gasteiger partial charge on any atom is -0.327 e. The van der Waals surface area contributed by atoms with Crippen LogP contribution in [-0.4, -0.2) is 11.5 Å². The molecule has 1 aromatic rings. The lowest BCUT2D eigenvalue weighted by Crippen LogP contribution is -2.28. The van der Waals surface area contributed by atoms with Gasteiger partial charge in [0.1, 0.15) is 0 Å². The van der Waals surface area contributed by atoms with Crippen molar-refractivity contribution in [3.8, 4) is 0 Å². The summed E-state index contributed by atoms with van der Waals surface area (Å²) in [5, 5.41) is 0.282. The van der Waals surface area contributed by atoms with Gasteiger partial charge in [0.15, 0.2) is 5.67 Å². The molecule has 0 aliphatic heterocycles. The average Bonchev–Trinajstić information content (AvgIpc) is 2.03. The summed E-state index contributed by atoms with van der Waals surface area (Å²) in [5.74, 6) is 0. The maximum Gasteiger partial charge on any atom is 0.163 e. The first-order valence-corrected chi connectivity index (χ1v) is 4.85. The highest BCUT2D eigenvalue weighted by molar-refractivity contribution is 9.10. The van der Waals surface area contributed by atoms with Gasteiger partial charge in [-0.1, -0.05) is 11.6 Å². The van der Waals surface area contributed by atoms with Gasteiger partial charge in [0.2, 0.25) is 0 Å². The van der Waals surface area contributed by atoms with E-state index in [0.29, 0.717) is 4.47 Å². The van der Waals surface area contributed by atoms with Gasteiger partial charge >= 0.3 is 0 Å². The first-order valence-electron chi connectivity index (χ1n) is 3.68. The second-order valence-electron chi connectivity index (χ2n) is 2.89. The lowest BCUT2D eigenvalue weighted by molar-refractivity contribution is 0.197. The Kier molecular flexibility index (Phi) is 3.27. The number of aromatic nitrogens is 1. The van der Waals surface area contributed by atoms with Crippen molar-refractivity contribution in [3.63, 3.8) is 0 Å². The van der Waals surface area contributed by atoms with Crippen LogP contribution in [0.3, 0.4) is 0 Å². The molecule has 0 radical (unpaired) electrons. The fraction of sp³-hybridized carbons (Fsp3) is 0.375. The van der Waals surface area contributed by atoms with Gasteiger partial charge in [-0.3, -0.25) is 4.98 Å². The van der Waals surface area contributed by atoms with E-state index in [9.17, 15) is 4.39 Å². The van der Waals surface area contributed by atoms with Crippen molar-refractivity contribution in [2.45, 2.75) is 12.6 Å². The van der Waals surface area contributed by atoms with Crippen molar-refractivity contribution in [1.82, 2.24) is 4.98 Å². The van der Waals surface area contributed by atoms with Crippen LogP contribution in [-0.2, 0) is 5.67 Å². The monoisotopic (exact) mass is 266 g/mol. The van der Waals surface area contributed by atoms with Gasteiger partial charge < -0.3 is 5.73 Å². The highest BCUT2D eigenvalue weighted by atomic mass is 79.9. The Morgan fingerprint density at radius 1 is 1.77 bits per heavy atom. The summed E-state index contributed by atoms with van der Waals surface area (Å²) in [5.41, 5.74) is 3.77. The van der Waals surface area contributed by atoms with E-state index in [2.05, 4.69) is 20.9 Å². The maximum atomic E-state index is 13.7. The van der Waals surface area contributed by atoms with Crippen LogP contribution in [0.25, 0.3) is 0 Å². The Hall–Kier alpha value is -0.190. The number of alkyl halides is 1. The minimum atomic E-state index is -1.67. The first-order chi connectivity index (χ1) is 5.97. The number of nitrogens with zero attached hydrogens (tertiary/aromatic N) is 1. The van der Waals surface area contributed by atoms with Crippen molar-refractivity contribution < 1.29 is 4.39 Å². The average molecular weight is 268 g/mol. The predicted molar refractivity (Wildman–Crippen MR) is 54.5 cm³/mol. The molecule has 0 bridgehead atoms. The molecular formula is C8H9BrClFN2. The van der Waals surface area contributed by atoms with E-state index in [1.54, 1.807) is 6.07 Å². The van der Waals surface area contributed by atoms with Crippen LogP contribution in [0.1, 0.15) is 12.6 Å². The third-order valence-electron chi connectivity index (χ3n) is 1.68. The van der Waals surface area contributed by atoms with E-state index >= 15 is 0 Å². The standard InChI is InChI=1S/C8H9BrClFN2/c1-8(11,4-12)7-6(10)2-5(9)3-13-7/h2-3H,4,12H2,1H3. The van der Waals surface area contributed by atoms with Crippen LogP contribution < -0.4 is 5.73 Å². The molecule has 1 unspecified atom stereocenters. The van der Waals surface area contributed by atoms with E-state index in [1.165, 1.54) is 13.1 Å². The molecule has 1 aromatic heterocycles. The Bertz CT molecular complexity index is 317. The number of nitrogens with two attached hydrogens (primary N) is 1. The van der Waals surface area contributed by atoms with Crippen molar-refractivity contribution in [2.24, 2.45) is 5.73 Å². The zero-order chi connectivity index (χ0) is 10.1. The summed E-state index contributed by atoms with van der Waals surface area (Å²) in [6, 6.07) is 1.59. The van der Waals surface area contributed by atoms with Gasteiger partial charge in [-0.2, -0.15) is 0 Å². The molecule has 13 heavy (non-hydrogen) atoms. The fourth-order valence-electron chi connectivity index (χ4n) is 0.895. The molecule has 0 saturated carbocycles. The highest BCUT2D eigenvalue weighted by Gasteiger charge is 2.28. The topological polar surface area (TPSA) is 38.9 Å². The van der Waals surface area contributed by atoms with Crippen LogP contribution in [0.15, 0.2) is 16.7 Å². The van der Waals surface area contributed by atoms with Crippen LogP contribution in [0.5, 0.6) is 0 Å². The van der Waals surface area contributed by atoms with E-state index < -0.39 is 5.67 Å². The normalized spacial score (nSPS) is 15.5. The van der Waals surface area contributed by atoms with Crippen LogP contribution in [0.2, 0.25) is 5.02 Å². The number of pyridine rings is 1. The molecule has 0 fully saturated rings. The number of halogens is 3. The molecule has 1 atom stereocenters. The molecule has 72 valence electrons. The molecule has 0 aromatic carbocycles. The highest BCUT2D eigenvalue weighted by Crippen LogP contribution is 2.30. The summed E-state index contributed by atoms with van der Waals surface area (Å²) in [7, 11) is 0. The molecule has 0 saturated heterocycles. The quantitative estimate of drug-likeness (QED) is 0.895. The van der Waals surface area contributed by atoms with Crippen LogP contribution in [0, 0.1) is 0 Å². The Morgan fingerprint density at radius 2 is 2.38 bits per heavy atom. The zero-order valence-corrected chi connectivity index (χ0v) is 9.36. The summed E-state index contributed by atoms with van der Waals surface area (Å²) < 4.78 is 14.4. The summed E-state index contributed by atoms with van der Waals surface area (Å²) >= 11 is 8.99. The van der Waals surface area contributed by atoms with Crippen molar-refractivity contribution >= 4 is 27.5 Å². The maximum absolute atomic E-state index is 13.7. The fourth-order valence-corrected chi connectivity index (χ4v) is 1.72. The van der Waals surface area contributed by atoms with Crippen LogP contribution >= 0.6 is 27.5 Å². The molecule has 0 amide bonds. The second-order valence-corrected chi connectivity index (χ2v) is 4.21. The second kappa shape index (κ2) is 3.90. The molecule has 2 nitrogen and oxygen atoms in total. The molecule has 1 heterocycles. The SMILES string of the molecule is CC(F)(CN)c1ncc(Br)cc1Cl. The van der Waals surface area contributed by atoms with E-state index in [1.807, 2.05) is 0 Å². The van der Waals surface area contributed by atoms with Gasteiger partial charge in [-0.25, -0.2) is 4.39 Å². The number of hydrogen-bond donors (Lipinski definition) is 1. The smallest absolute Gasteiger partial charge is 0.163 e. The molecule has 0 spiro atoms. The minimum absolute atomic E-state index is 0.138. The van der Waals surface area contributed by atoms with Gasteiger partial charge in [0, 0.05) is 17.2 Å². The summed E-state index contributed by atoms with van der Waals surface area (Å²) in [6.07, 6.45) is 1.49. The largest absolute Gasteiger partial charge is 0.327 e. The molecule has 5 heteroatoms.